The van der Waals surface area contributed by atoms with Crippen LogP contribution in [-0.4, -0.2) is 33.9 Å². The van der Waals surface area contributed by atoms with Gasteiger partial charge < -0.3 is 10.2 Å². The van der Waals surface area contributed by atoms with Gasteiger partial charge in [0.05, 0.1) is 16.9 Å². The molecule has 1 aromatic carbocycles. The van der Waals surface area contributed by atoms with E-state index in [0.717, 1.165) is 24.6 Å². The van der Waals surface area contributed by atoms with Gasteiger partial charge in [-0.05, 0) is 44.0 Å². The Morgan fingerprint density at radius 2 is 1.89 bits per heavy atom. The number of halogens is 3. The molecule has 5 nitrogen and oxygen atoms in total. The molecule has 1 fully saturated rings. The van der Waals surface area contributed by atoms with Gasteiger partial charge in [0.2, 0.25) is 0 Å². The number of carbonyl (C=O) groups excluding carboxylic acids is 1. The number of likely N-dealkylation sites (tertiary alicyclic amines) is 1. The summed E-state index contributed by atoms with van der Waals surface area (Å²) >= 11 is 0. The highest BCUT2D eigenvalue weighted by molar-refractivity contribution is 6.07. The van der Waals surface area contributed by atoms with Gasteiger partial charge >= 0.3 is 0 Å². The van der Waals surface area contributed by atoms with Crippen molar-refractivity contribution in [2.75, 3.05) is 18.4 Å². The molecule has 4 rings (SSSR count). The van der Waals surface area contributed by atoms with Crippen LogP contribution in [0.4, 0.5) is 20.2 Å². The maximum absolute atomic E-state index is 14.2. The van der Waals surface area contributed by atoms with Crippen LogP contribution in [-0.2, 0) is 0 Å². The van der Waals surface area contributed by atoms with Crippen LogP contribution in [0.15, 0.2) is 36.5 Å². The number of anilines is 2. The van der Waals surface area contributed by atoms with Crippen LogP contribution < -0.4 is 5.32 Å². The van der Waals surface area contributed by atoms with Gasteiger partial charge in [0.1, 0.15) is 11.6 Å². The molecule has 0 radical (unpaired) electrons. The number of nitrogens with one attached hydrogen (secondary N) is 1. The lowest BCUT2D eigenvalue weighted by Crippen LogP contribution is -2.28. The second kappa shape index (κ2) is 8.06. The van der Waals surface area contributed by atoms with Crippen LogP contribution in [0.1, 0.15) is 28.9 Å². The summed E-state index contributed by atoms with van der Waals surface area (Å²) < 4.78 is 27.5. The minimum absolute atomic E-state index is 0. The molecule has 3 heterocycles. The quantitative estimate of drug-likeness (QED) is 0.692. The van der Waals surface area contributed by atoms with Gasteiger partial charge in [0, 0.05) is 36.4 Å². The molecule has 8 heteroatoms. The predicted molar refractivity (Wildman–Crippen MR) is 106 cm³/mol. The summed E-state index contributed by atoms with van der Waals surface area (Å²) in [5.41, 5.74) is 2.10. The van der Waals surface area contributed by atoms with Crippen molar-refractivity contribution in [3.05, 3.63) is 59.4 Å². The number of carbonyl (C=O) groups is 1. The van der Waals surface area contributed by atoms with E-state index in [0.29, 0.717) is 35.4 Å². The van der Waals surface area contributed by atoms with Gasteiger partial charge in [-0.25, -0.2) is 18.7 Å². The number of hydrogen-bond acceptors (Lipinski definition) is 4. The van der Waals surface area contributed by atoms with Crippen molar-refractivity contribution in [1.29, 1.82) is 0 Å². The maximum atomic E-state index is 14.2. The Kier molecular flexibility index (Phi) is 5.74. The van der Waals surface area contributed by atoms with Crippen molar-refractivity contribution >= 4 is 40.7 Å². The van der Waals surface area contributed by atoms with E-state index in [1.54, 1.807) is 17.0 Å². The van der Waals surface area contributed by atoms with E-state index in [4.69, 9.17) is 0 Å². The SMILES string of the molecule is Cc1ccc2c(Nc3ccc(F)cc3F)c(C(=O)N3CCCC3)cnc2n1.Cl. The second-order valence-electron chi connectivity index (χ2n) is 6.62. The van der Waals surface area contributed by atoms with Gasteiger partial charge in [-0.15, -0.1) is 12.4 Å². The molecule has 3 aromatic rings. The van der Waals surface area contributed by atoms with Crippen LogP contribution in [0.25, 0.3) is 11.0 Å². The lowest BCUT2D eigenvalue weighted by atomic mass is 10.1. The molecule has 1 N–H and O–H groups in total. The lowest BCUT2D eigenvalue weighted by Gasteiger charge is -2.19. The molecule has 0 atom stereocenters. The number of pyridine rings is 2. The molecule has 1 aliphatic heterocycles. The number of nitrogens with zero attached hydrogens (tertiary/aromatic N) is 3. The van der Waals surface area contributed by atoms with E-state index in [1.165, 1.54) is 18.3 Å². The number of hydrogen-bond donors (Lipinski definition) is 1. The molecule has 0 spiro atoms. The molecule has 28 heavy (non-hydrogen) atoms. The summed E-state index contributed by atoms with van der Waals surface area (Å²) in [6, 6.07) is 6.88. The summed E-state index contributed by atoms with van der Waals surface area (Å²) in [7, 11) is 0. The van der Waals surface area contributed by atoms with Crippen LogP contribution in [0.5, 0.6) is 0 Å². The Labute approximate surface area is 167 Å². The fourth-order valence-electron chi connectivity index (χ4n) is 3.28. The Hall–Kier alpha value is -2.80. The zero-order valence-corrected chi connectivity index (χ0v) is 16.0. The van der Waals surface area contributed by atoms with E-state index in [2.05, 4.69) is 15.3 Å². The zero-order valence-electron chi connectivity index (χ0n) is 15.2. The van der Waals surface area contributed by atoms with Gasteiger partial charge in [-0.2, -0.15) is 0 Å². The fraction of sp³-hybridized carbons (Fsp3) is 0.250. The fourth-order valence-corrected chi connectivity index (χ4v) is 3.28. The molecule has 0 unspecified atom stereocenters. The maximum Gasteiger partial charge on any atom is 0.257 e. The Morgan fingerprint density at radius 1 is 1.14 bits per heavy atom. The number of rotatable bonds is 3. The first-order valence-electron chi connectivity index (χ1n) is 8.80. The molecule has 1 amide bonds. The summed E-state index contributed by atoms with van der Waals surface area (Å²) in [5.74, 6) is -1.56. The van der Waals surface area contributed by atoms with Crippen LogP contribution in [0.2, 0.25) is 0 Å². The first-order valence-corrected chi connectivity index (χ1v) is 8.80. The largest absolute Gasteiger partial charge is 0.352 e. The summed E-state index contributed by atoms with van der Waals surface area (Å²) in [5, 5.41) is 3.57. The molecule has 146 valence electrons. The van der Waals surface area contributed by atoms with Crippen LogP contribution in [0.3, 0.4) is 0 Å². The van der Waals surface area contributed by atoms with E-state index < -0.39 is 11.6 Å². The average molecular weight is 405 g/mol. The number of fused-ring (bicyclic) bond motifs is 1. The summed E-state index contributed by atoms with van der Waals surface area (Å²) in [4.78, 5) is 23.4. The molecule has 0 bridgehead atoms. The topological polar surface area (TPSA) is 58.1 Å². The second-order valence-corrected chi connectivity index (χ2v) is 6.62. The molecule has 0 aliphatic carbocycles. The van der Waals surface area contributed by atoms with Crippen molar-refractivity contribution in [1.82, 2.24) is 14.9 Å². The summed E-state index contributed by atoms with van der Waals surface area (Å²) in [6.07, 6.45) is 3.39. The minimum Gasteiger partial charge on any atom is -0.352 e. The Morgan fingerprint density at radius 3 is 2.61 bits per heavy atom. The molecule has 2 aromatic heterocycles. The first-order chi connectivity index (χ1) is 13.0. The molecule has 1 aliphatic rings. The summed E-state index contributed by atoms with van der Waals surface area (Å²) in [6.45, 7) is 3.22. The van der Waals surface area contributed by atoms with Crippen LogP contribution >= 0.6 is 12.4 Å². The number of amides is 1. The van der Waals surface area contributed by atoms with Crippen LogP contribution in [0, 0.1) is 18.6 Å². The predicted octanol–water partition coefficient (Wildman–Crippen LogP) is 4.62. The minimum atomic E-state index is -0.736. The highest BCUT2D eigenvalue weighted by atomic mass is 35.5. The Balaban J connectivity index is 0.00000225. The number of benzene rings is 1. The molecule has 1 saturated heterocycles. The molecule has 0 saturated carbocycles. The van der Waals surface area contributed by atoms with Gasteiger partial charge in [-0.3, -0.25) is 4.79 Å². The highest BCUT2D eigenvalue weighted by Crippen LogP contribution is 2.31. The van der Waals surface area contributed by atoms with E-state index in [1.807, 2.05) is 6.92 Å². The van der Waals surface area contributed by atoms with Crippen molar-refractivity contribution < 1.29 is 13.6 Å². The van der Waals surface area contributed by atoms with Gasteiger partial charge in [0.15, 0.2) is 5.65 Å². The number of aromatic nitrogens is 2. The van der Waals surface area contributed by atoms with Crippen molar-refractivity contribution in [3.8, 4) is 0 Å². The normalized spacial score (nSPS) is 13.5. The van der Waals surface area contributed by atoms with E-state index in [9.17, 15) is 13.6 Å². The highest BCUT2D eigenvalue weighted by Gasteiger charge is 2.24. The number of aryl methyl sites for hydroxylation is 1. The average Bonchev–Trinajstić information content (AvgIpc) is 3.18. The van der Waals surface area contributed by atoms with Crippen molar-refractivity contribution in [3.63, 3.8) is 0 Å². The lowest BCUT2D eigenvalue weighted by molar-refractivity contribution is 0.0793. The van der Waals surface area contributed by atoms with Gasteiger partial charge in [-0.1, -0.05) is 0 Å². The standard InChI is InChI=1S/C20H18F2N4O.ClH/c1-12-4-6-14-18(25-17-7-5-13(21)10-16(17)22)15(11-23-19(14)24-12)20(27)26-8-2-3-9-26;/h4-7,10-11H,2-3,8-9H2,1H3,(H,23,24,25);1H. The molecular weight excluding hydrogens is 386 g/mol. The van der Waals surface area contributed by atoms with Crippen molar-refractivity contribution in [2.45, 2.75) is 19.8 Å². The smallest absolute Gasteiger partial charge is 0.257 e. The van der Waals surface area contributed by atoms with E-state index in [-0.39, 0.29) is 24.0 Å². The van der Waals surface area contributed by atoms with E-state index >= 15 is 0 Å². The third-order valence-corrected chi connectivity index (χ3v) is 4.68. The van der Waals surface area contributed by atoms with Gasteiger partial charge in [0.25, 0.3) is 5.91 Å². The monoisotopic (exact) mass is 404 g/mol. The first kappa shape index (κ1) is 19.9. The third-order valence-electron chi connectivity index (χ3n) is 4.68. The zero-order chi connectivity index (χ0) is 19.0. The van der Waals surface area contributed by atoms with Crippen molar-refractivity contribution in [2.24, 2.45) is 0 Å². The third kappa shape index (κ3) is 3.75. The Bertz CT molecular complexity index is 1040. The molecular formula is C20H19ClF2N4O.